The zero-order chi connectivity index (χ0) is 14.3. The fourth-order valence-corrected chi connectivity index (χ4v) is 1.94. The summed E-state index contributed by atoms with van der Waals surface area (Å²) in [6, 6.07) is -0.903. The SMILES string of the molecule is COCCCC(NC(=O)C1CCC(=O)NC1)C(=O)O. The van der Waals surface area contributed by atoms with Gasteiger partial charge in [0.15, 0.2) is 0 Å². The fourth-order valence-electron chi connectivity index (χ4n) is 1.94. The largest absolute Gasteiger partial charge is 0.480 e. The van der Waals surface area contributed by atoms with E-state index in [1.807, 2.05) is 0 Å². The van der Waals surface area contributed by atoms with Gasteiger partial charge in [0.25, 0.3) is 0 Å². The number of ether oxygens (including phenoxy) is 1. The van der Waals surface area contributed by atoms with Crippen molar-refractivity contribution in [2.45, 2.75) is 31.7 Å². The van der Waals surface area contributed by atoms with Gasteiger partial charge in [-0.1, -0.05) is 0 Å². The van der Waals surface area contributed by atoms with E-state index < -0.39 is 12.0 Å². The summed E-state index contributed by atoms with van der Waals surface area (Å²) in [6.07, 6.45) is 1.66. The van der Waals surface area contributed by atoms with Gasteiger partial charge in [-0.15, -0.1) is 0 Å². The van der Waals surface area contributed by atoms with Crippen molar-refractivity contribution in [1.29, 1.82) is 0 Å². The highest BCUT2D eigenvalue weighted by atomic mass is 16.5. The topological polar surface area (TPSA) is 105 Å². The van der Waals surface area contributed by atoms with Crippen molar-refractivity contribution in [2.24, 2.45) is 5.92 Å². The minimum Gasteiger partial charge on any atom is -0.480 e. The molecule has 3 N–H and O–H groups in total. The van der Waals surface area contributed by atoms with Gasteiger partial charge >= 0.3 is 5.97 Å². The molecule has 7 nitrogen and oxygen atoms in total. The van der Waals surface area contributed by atoms with Crippen LogP contribution < -0.4 is 10.6 Å². The van der Waals surface area contributed by atoms with Crippen LogP contribution in [-0.4, -0.2) is 49.2 Å². The van der Waals surface area contributed by atoms with Crippen LogP contribution in [0.15, 0.2) is 0 Å². The van der Waals surface area contributed by atoms with Crippen LogP contribution in [0.4, 0.5) is 0 Å². The predicted octanol–water partition coefficient (Wildman–Crippen LogP) is -0.491. The normalized spacial score (nSPS) is 20.5. The lowest BCUT2D eigenvalue weighted by Crippen LogP contribution is -2.48. The van der Waals surface area contributed by atoms with Gasteiger partial charge in [0.05, 0.1) is 5.92 Å². The average molecular weight is 272 g/mol. The maximum atomic E-state index is 11.9. The molecular formula is C12H20N2O5. The maximum absolute atomic E-state index is 11.9. The molecule has 0 saturated carbocycles. The highest BCUT2D eigenvalue weighted by Crippen LogP contribution is 2.11. The summed E-state index contributed by atoms with van der Waals surface area (Å²) in [5, 5.41) is 14.2. The standard InChI is InChI=1S/C12H20N2O5/c1-19-6-2-3-9(12(17)18)14-11(16)8-4-5-10(15)13-7-8/h8-9H,2-7H2,1H3,(H,13,15)(H,14,16)(H,17,18). The Kier molecular flexibility index (Phi) is 6.27. The molecule has 0 aliphatic carbocycles. The molecule has 0 aromatic rings. The van der Waals surface area contributed by atoms with E-state index in [-0.39, 0.29) is 24.3 Å². The number of carbonyl (C=O) groups excluding carboxylic acids is 2. The van der Waals surface area contributed by atoms with E-state index >= 15 is 0 Å². The number of piperidine rings is 1. The number of hydrogen-bond acceptors (Lipinski definition) is 4. The third-order valence-corrected chi connectivity index (χ3v) is 3.09. The van der Waals surface area contributed by atoms with Gasteiger partial charge in [0, 0.05) is 26.7 Å². The molecule has 2 unspecified atom stereocenters. The summed E-state index contributed by atoms with van der Waals surface area (Å²) < 4.78 is 4.85. The molecule has 7 heteroatoms. The first-order chi connectivity index (χ1) is 9.04. The first-order valence-corrected chi connectivity index (χ1v) is 6.33. The Morgan fingerprint density at radius 3 is 2.84 bits per heavy atom. The Bertz CT molecular complexity index is 335. The molecule has 2 amide bonds. The van der Waals surface area contributed by atoms with Crippen molar-refractivity contribution in [2.75, 3.05) is 20.3 Å². The highest BCUT2D eigenvalue weighted by molar-refractivity contribution is 5.87. The molecule has 1 aliphatic rings. The molecule has 2 atom stereocenters. The number of carboxylic acids is 1. The first-order valence-electron chi connectivity index (χ1n) is 6.33. The number of methoxy groups -OCH3 is 1. The number of aliphatic carboxylic acids is 1. The lowest BCUT2D eigenvalue weighted by atomic mass is 9.97. The Labute approximate surface area is 111 Å². The van der Waals surface area contributed by atoms with Crippen molar-refractivity contribution < 1.29 is 24.2 Å². The Morgan fingerprint density at radius 2 is 2.32 bits per heavy atom. The van der Waals surface area contributed by atoms with Crippen molar-refractivity contribution in [1.82, 2.24) is 10.6 Å². The van der Waals surface area contributed by atoms with Crippen molar-refractivity contribution in [3.63, 3.8) is 0 Å². The summed E-state index contributed by atoms with van der Waals surface area (Å²) in [5.74, 6) is -1.78. The van der Waals surface area contributed by atoms with Crippen LogP contribution in [0.2, 0.25) is 0 Å². The van der Waals surface area contributed by atoms with E-state index in [2.05, 4.69) is 10.6 Å². The molecule has 1 heterocycles. The first kappa shape index (κ1) is 15.4. The van der Waals surface area contributed by atoms with Gasteiger partial charge in [-0.05, 0) is 19.3 Å². The van der Waals surface area contributed by atoms with Crippen LogP contribution in [-0.2, 0) is 19.1 Å². The smallest absolute Gasteiger partial charge is 0.326 e. The monoisotopic (exact) mass is 272 g/mol. The Balaban J connectivity index is 2.42. The molecule has 0 aromatic heterocycles. The summed E-state index contributed by atoms with van der Waals surface area (Å²) in [5.41, 5.74) is 0. The molecule has 1 fully saturated rings. The highest BCUT2D eigenvalue weighted by Gasteiger charge is 2.28. The van der Waals surface area contributed by atoms with Gasteiger partial charge in [-0.2, -0.15) is 0 Å². The Hall–Kier alpha value is -1.63. The molecule has 0 spiro atoms. The molecule has 19 heavy (non-hydrogen) atoms. The van der Waals surface area contributed by atoms with Crippen LogP contribution in [0.1, 0.15) is 25.7 Å². The van der Waals surface area contributed by atoms with Gasteiger partial charge in [-0.25, -0.2) is 4.79 Å². The summed E-state index contributed by atoms with van der Waals surface area (Å²) in [7, 11) is 1.54. The summed E-state index contributed by atoms with van der Waals surface area (Å²) >= 11 is 0. The minimum atomic E-state index is -1.05. The van der Waals surface area contributed by atoms with Crippen LogP contribution in [0.5, 0.6) is 0 Å². The second-order valence-corrected chi connectivity index (χ2v) is 4.57. The molecule has 1 aliphatic heterocycles. The molecule has 0 aromatic carbocycles. The number of nitrogens with one attached hydrogen (secondary N) is 2. The van der Waals surface area contributed by atoms with Crippen LogP contribution in [0, 0.1) is 5.92 Å². The number of carbonyl (C=O) groups is 3. The van der Waals surface area contributed by atoms with Gasteiger partial charge in [0.1, 0.15) is 6.04 Å². The van der Waals surface area contributed by atoms with Gasteiger partial charge < -0.3 is 20.5 Å². The van der Waals surface area contributed by atoms with Crippen molar-refractivity contribution >= 4 is 17.8 Å². The van der Waals surface area contributed by atoms with Crippen LogP contribution in [0.3, 0.4) is 0 Å². The molecule has 0 radical (unpaired) electrons. The van der Waals surface area contributed by atoms with E-state index in [0.717, 1.165) is 0 Å². The predicted molar refractivity (Wildman–Crippen MR) is 66.4 cm³/mol. The maximum Gasteiger partial charge on any atom is 0.326 e. The van der Waals surface area contributed by atoms with E-state index in [1.54, 1.807) is 7.11 Å². The molecule has 0 bridgehead atoms. The van der Waals surface area contributed by atoms with E-state index in [4.69, 9.17) is 9.84 Å². The lowest BCUT2D eigenvalue weighted by Gasteiger charge is -2.23. The van der Waals surface area contributed by atoms with E-state index in [1.165, 1.54) is 0 Å². The Morgan fingerprint density at radius 1 is 1.58 bits per heavy atom. The minimum absolute atomic E-state index is 0.0704. The molecule has 1 rings (SSSR count). The quantitative estimate of drug-likeness (QED) is 0.542. The number of hydrogen-bond donors (Lipinski definition) is 3. The molecular weight excluding hydrogens is 252 g/mol. The second-order valence-electron chi connectivity index (χ2n) is 4.57. The van der Waals surface area contributed by atoms with Crippen molar-refractivity contribution in [3.8, 4) is 0 Å². The van der Waals surface area contributed by atoms with Crippen molar-refractivity contribution in [3.05, 3.63) is 0 Å². The number of amides is 2. The van der Waals surface area contributed by atoms with E-state index in [0.29, 0.717) is 32.3 Å². The number of rotatable bonds is 7. The third-order valence-electron chi connectivity index (χ3n) is 3.09. The second kappa shape index (κ2) is 7.73. The average Bonchev–Trinajstić information content (AvgIpc) is 2.38. The molecule has 1 saturated heterocycles. The van der Waals surface area contributed by atoms with Gasteiger partial charge in [0.2, 0.25) is 11.8 Å². The zero-order valence-electron chi connectivity index (χ0n) is 11.0. The van der Waals surface area contributed by atoms with Gasteiger partial charge in [-0.3, -0.25) is 9.59 Å². The third kappa shape index (κ3) is 5.25. The number of carboxylic acid groups (broad SMARTS) is 1. The summed E-state index contributed by atoms with van der Waals surface area (Å²) in [4.78, 5) is 33.9. The fraction of sp³-hybridized carbons (Fsp3) is 0.750. The zero-order valence-corrected chi connectivity index (χ0v) is 11.0. The van der Waals surface area contributed by atoms with E-state index in [9.17, 15) is 14.4 Å². The molecule has 108 valence electrons. The summed E-state index contributed by atoms with van der Waals surface area (Å²) in [6.45, 7) is 0.730. The lowest BCUT2D eigenvalue weighted by molar-refractivity contribution is -0.143. The van der Waals surface area contributed by atoms with Crippen LogP contribution >= 0.6 is 0 Å². The van der Waals surface area contributed by atoms with Crippen LogP contribution in [0.25, 0.3) is 0 Å².